The molecule has 3 atom stereocenters. The number of rotatable bonds is 2. The first-order valence-corrected chi connectivity index (χ1v) is 6.53. The largest absolute Gasteiger partial charge is 0.440 e. The van der Waals surface area contributed by atoms with E-state index in [4.69, 9.17) is 38.4 Å². The fraction of sp³-hybridized carbons (Fsp3) is 0.333. The van der Waals surface area contributed by atoms with Gasteiger partial charge in [-0.2, -0.15) is 0 Å². The van der Waals surface area contributed by atoms with Crippen molar-refractivity contribution in [3.05, 3.63) is 33.8 Å². The summed E-state index contributed by atoms with van der Waals surface area (Å²) in [5.41, 5.74) is 5.42. The van der Waals surface area contributed by atoms with E-state index in [1.54, 1.807) is 25.1 Å². The van der Waals surface area contributed by atoms with Crippen LogP contribution in [0.2, 0.25) is 10.0 Å². The molecule has 108 valence electrons. The molecule has 2 amide bonds. The van der Waals surface area contributed by atoms with E-state index in [1.807, 2.05) is 0 Å². The van der Waals surface area contributed by atoms with Crippen molar-refractivity contribution in [2.45, 2.75) is 25.2 Å². The number of benzene rings is 1. The lowest BCUT2D eigenvalue weighted by Crippen LogP contribution is -2.53. The molecular formula is C12H12Cl2N2O4. The summed E-state index contributed by atoms with van der Waals surface area (Å²) in [6.07, 6.45) is -3.38. The lowest BCUT2D eigenvalue weighted by molar-refractivity contribution is -0.0463. The molecule has 20 heavy (non-hydrogen) atoms. The smallest absolute Gasteiger partial charge is 0.408 e. The van der Waals surface area contributed by atoms with Crippen LogP contribution < -0.4 is 11.1 Å². The number of halogens is 2. The van der Waals surface area contributed by atoms with Gasteiger partial charge < -0.3 is 20.5 Å². The van der Waals surface area contributed by atoms with E-state index in [-0.39, 0.29) is 0 Å². The van der Waals surface area contributed by atoms with Gasteiger partial charge in [0.25, 0.3) is 0 Å². The first-order chi connectivity index (χ1) is 9.40. The van der Waals surface area contributed by atoms with Gasteiger partial charge in [-0.15, -0.1) is 0 Å². The second-order valence-electron chi connectivity index (χ2n) is 4.30. The van der Waals surface area contributed by atoms with Crippen molar-refractivity contribution in [3.63, 3.8) is 0 Å². The molecule has 0 bridgehead atoms. The number of carbonyl (C=O) groups excluding carboxylic acids is 2. The topological polar surface area (TPSA) is 90.7 Å². The molecule has 6 nitrogen and oxygen atoms in total. The highest BCUT2D eigenvalue weighted by atomic mass is 35.5. The quantitative estimate of drug-likeness (QED) is 0.876. The van der Waals surface area contributed by atoms with E-state index < -0.39 is 30.4 Å². The van der Waals surface area contributed by atoms with Crippen molar-refractivity contribution >= 4 is 35.4 Å². The number of carbonyl (C=O) groups is 2. The first kappa shape index (κ1) is 14.7. The predicted octanol–water partition coefficient (Wildman–Crippen LogP) is 2.63. The Kier molecular flexibility index (Phi) is 4.25. The Labute approximate surface area is 125 Å². The Morgan fingerprint density at radius 3 is 2.55 bits per heavy atom. The average Bonchev–Trinajstić information content (AvgIpc) is 2.32. The minimum atomic E-state index is -0.977. The number of alkyl carbamates (subject to hydrolysis) is 1. The lowest BCUT2D eigenvalue weighted by atomic mass is 9.98. The molecule has 1 fully saturated rings. The van der Waals surface area contributed by atoms with Gasteiger partial charge in [-0.25, -0.2) is 9.59 Å². The maximum atomic E-state index is 11.5. The highest BCUT2D eigenvalue weighted by Gasteiger charge is 2.41. The van der Waals surface area contributed by atoms with Gasteiger partial charge in [-0.1, -0.05) is 29.3 Å². The molecule has 1 aliphatic heterocycles. The minimum absolute atomic E-state index is 0.308. The van der Waals surface area contributed by atoms with Gasteiger partial charge in [0.05, 0.1) is 6.04 Å². The number of ether oxygens (including phenoxy) is 2. The Morgan fingerprint density at radius 1 is 1.40 bits per heavy atom. The first-order valence-electron chi connectivity index (χ1n) is 5.77. The summed E-state index contributed by atoms with van der Waals surface area (Å²) in [6, 6.07) is 4.36. The number of hydrogen-bond donors (Lipinski definition) is 2. The molecule has 1 aromatic rings. The zero-order valence-corrected chi connectivity index (χ0v) is 11.9. The summed E-state index contributed by atoms with van der Waals surface area (Å²) in [6.45, 7) is 1.66. The SMILES string of the molecule is CC1NC(=O)OC(c2c(Cl)cccc2Cl)C1OC(N)=O. The fourth-order valence-corrected chi connectivity index (χ4v) is 2.66. The minimum Gasteiger partial charge on any atom is -0.440 e. The van der Waals surface area contributed by atoms with E-state index in [0.29, 0.717) is 15.6 Å². The Hall–Kier alpha value is -1.66. The zero-order valence-electron chi connectivity index (χ0n) is 10.4. The summed E-state index contributed by atoms with van der Waals surface area (Å²) in [7, 11) is 0. The molecule has 0 aliphatic carbocycles. The Bertz CT molecular complexity index is 532. The summed E-state index contributed by atoms with van der Waals surface area (Å²) in [4.78, 5) is 22.5. The summed E-state index contributed by atoms with van der Waals surface area (Å²) < 4.78 is 10.2. The number of nitrogens with one attached hydrogen (secondary N) is 1. The van der Waals surface area contributed by atoms with Crippen LogP contribution in [-0.2, 0) is 9.47 Å². The van der Waals surface area contributed by atoms with Crippen LogP contribution in [0.15, 0.2) is 18.2 Å². The molecular weight excluding hydrogens is 307 g/mol. The molecule has 0 radical (unpaired) electrons. The van der Waals surface area contributed by atoms with Crippen molar-refractivity contribution in [1.82, 2.24) is 5.32 Å². The molecule has 1 saturated heterocycles. The molecule has 8 heteroatoms. The third-order valence-corrected chi connectivity index (χ3v) is 3.57. The molecule has 2 rings (SSSR count). The van der Waals surface area contributed by atoms with Crippen LogP contribution >= 0.6 is 23.2 Å². The monoisotopic (exact) mass is 318 g/mol. The molecule has 0 spiro atoms. The molecule has 0 aromatic heterocycles. The summed E-state index contributed by atoms with van der Waals surface area (Å²) in [5.74, 6) is 0. The van der Waals surface area contributed by atoms with Crippen LogP contribution in [0.5, 0.6) is 0 Å². The van der Waals surface area contributed by atoms with Crippen LogP contribution in [0.3, 0.4) is 0 Å². The van der Waals surface area contributed by atoms with Gasteiger partial charge in [0.2, 0.25) is 0 Å². The standard InChI is InChI=1S/C12H12Cl2N2O4/c1-5-9(19-11(15)17)10(20-12(18)16-5)8-6(13)3-2-4-7(8)14/h2-5,9-10H,1H3,(H2,15,17)(H,16,18). The number of amides is 2. The number of hydrogen-bond acceptors (Lipinski definition) is 4. The molecule has 1 aliphatic rings. The second-order valence-corrected chi connectivity index (χ2v) is 5.11. The second kappa shape index (κ2) is 5.76. The van der Waals surface area contributed by atoms with Crippen LogP contribution in [0, 0.1) is 0 Å². The van der Waals surface area contributed by atoms with Gasteiger partial charge in [-0.05, 0) is 19.1 Å². The highest BCUT2D eigenvalue weighted by Crippen LogP contribution is 2.37. The van der Waals surface area contributed by atoms with Gasteiger partial charge in [0.15, 0.2) is 12.2 Å². The normalized spacial score (nSPS) is 25.6. The molecule has 3 N–H and O–H groups in total. The summed E-state index contributed by atoms with van der Waals surface area (Å²) >= 11 is 12.2. The van der Waals surface area contributed by atoms with E-state index >= 15 is 0 Å². The van der Waals surface area contributed by atoms with E-state index in [1.165, 1.54) is 0 Å². The Balaban J connectivity index is 2.43. The molecule has 1 aromatic carbocycles. The van der Waals surface area contributed by atoms with Crippen molar-refractivity contribution in [2.24, 2.45) is 5.73 Å². The van der Waals surface area contributed by atoms with Crippen LogP contribution in [0.25, 0.3) is 0 Å². The zero-order chi connectivity index (χ0) is 14.9. The van der Waals surface area contributed by atoms with Gasteiger partial charge in [0.1, 0.15) is 0 Å². The van der Waals surface area contributed by atoms with Gasteiger partial charge in [0, 0.05) is 15.6 Å². The van der Waals surface area contributed by atoms with Crippen molar-refractivity contribution in [3.8, 4) is 0 Å². The lowest BCUT2D eigenvalue weighted by Gasteiger charge is -2.36. The number of primary amides is 1. The van der Waals surface area contributed by atoms with E-state index in [0.717, 1.165) is 0 Å². The van der Waals surface area contributed by atoms with Crippen LogP contribution in [-0.4, -0.2) is 24.3 Å². The maximum absolute atomic E-state index is 11.5. The van der Waals surface area contributed by atoms with Crippen LogP contribution in [0.4, 0.5) is 9.59 Å². The number of cyclic esters (lactones) is 1. The average molecular weight is 319 g/mol. The molecule has 1 heterocycles. The fourth-order valence-electron chi connectivity index (χ4n) is 2.05. The highest BCUT2D eigenvalue weighted by molar-refractivity contribution is 6.36. The van der Waals surface area contributed by atoms with E-state index in [2.05, 4.69) is 5.32 Å². The van der Waals surface area contributed by atoms with Gasteiger partial charge in [-0.3, -0.25) is 0 Å². The van der Waals surface area contributed by atoms with E-state index in [9.17, 15) is 9.59 Å². The maximum Gasteiger partial charge on any atom is 0.408 e. The van der Waals surface area contributed by atoms with Crippen molar-refractivity contribution in [1.29, 1.82) is 0 Å². The van der Waals surface area contributed by atoms with Crippen LogP contribution in [0.1, 0.15) is 18.6 Å². The third kappa shape index (κ3) is 2.91. The third-order valence-electron chi connectivity index (χ3n) is 2.91. The van der Waals surface area contributed by atoms with Gasteiger partial charge >= 0.3 is 12.2 Å². The summed E-state index contributed by atoms with van der Waals surface area (Å²) in [5, 5.41) is 3.11. The molecule has 0 saturated carbocycles. The van der Waals surface area contributed by atoms with Crippen molar-refractivity contribution < 1.29 is 19.1 Å². The Morgan fingerprint density at radius 2 is 2.00 bits per heavy atom. The predicted molar refractivity (Wildman–Crippen MR) is 72.7 cm³/mol. The number of nitrogens with two attached hydrogens (primary N) is 1. The van der Waals surface area contributed by atoms with Crippen molar-refractivity contribution in [2.75, 3.05) is 0 Å². The molecule has 3 unspecified atom stereocenters.